The lowest BCUT2D eigenvalue weighted by molar-refractivity contribution is 0.0628. The first-order chi connectivity index (χ1) is 15.8. The number of hydrogen-bond acceptors (Lipinski definition) is 7. The summed E-state index contributed by atoms with van der Waals surface area (Å²) in [4.78, 5) is 0. The van der Waals surface area contributed by atoms with Crippen LogP contribution in [0, 0.1) is 0 Å². The molecule has 2 aromatic heterocycles. The molecule has 0 aliphatic rings. The quantitative estimate of drug-likeness (QED) is 0.217. The van der Waals surface area contributed by atoms with Crippen LogP contribution in [0.1, 0.15) is 103 Å². The average Bonchev–Trinajstić information content (AvgIpc) is 3.49. The van der Waals surface area contributed by atoms with Crippen LogP contribution in [-0.4, -0.2) is 34.7 Å². The van der Waals surface area contributed by atoms with Gasteiger partial charge in [-0.05, 0) is 16.7 Å². The summed E-state index contributed by atoms with van der Waals surface area (Å²) in [5.74, 6) is 1.55. The molecule has 182 valence electrons. The van der Waals surface area contributed by atoms with Crippen molar-refractivity contribution in [3.05, 3.63) is 24.2 Å². The number of nitrogens with zero attached hydrogens (tertiary/aromatic N) is 2. The van der Waals surface area contributed by atoms with E-state index in [1.807, 2.05) is 6.07 Å². The van der Waals surface area contributed by atoms with Crippen LogP contribution in [0.3, 0.4) is 0 Å². The topological polar surface area (TPSA) is 90.8 Å². The van der Waals surface area contributed by atoms with Gasteiger partial charge in [-0.1, -0.05) is 90.4 Å². The number of aryl methyl sites for hydroxylation is 1. The summed E-state index contributed by atoms with van der Waals surface area (Å²) in [5, 5.41) is 17.0. The molecule has 0 spiro atoms. The maximum Gasteiger partial charge on any atom is 0.254 e. The zero-order valence-electron chi connectivity index (χ0n) is 19.8. The number of ether oxygens (including phenoxy) is 2. The average molecular weight is 451 g/mol. The molecule has 2 heterocycles. The molecule has 0 saturated carbocycles. The molecule has 7 heteroatoms. The molecule has 1 atom stereocenters. The third-order valence-corrected chi connectivity index (χ3v) is 5.64. The van der Waals surface area contributed by atoms with Crippen LogP contribution in [0.5, 0.6) is 11.8 Å². The van der Waals surface area contributed by atoms with E-state index in [1.165, 1.54) is 89.7 Å². The molecule has 32 heavy (non-hydrogen) atoms. The van der Waals surface area contributed by atoms with Gasteiger partial charge in [-0.3, -0.25) is 0 Å². The van der Waals surface area contributed by atoms with Gasteiger partial charge in [0.1, 0.15) is 18.6 Å². The largest absolute Gasteiger partial charge is 0.471 e. The van der Waals surface area contributed by atoms with Crippen LogP contribution in [-0.2, 0) is 6.42 Å². The molecule has 0 aliphatic heterocycles. The van der Waals surface area contributed by atoms with Gasteiger partial charge in [0.2, 0.25) is 0 Å². The number of aliphatic hydroxyl groups is 1. The summed E-state index contributed by atoms with van der Waals surface area (Å²) in [5.41, 5.74) is 0. The summed E-state index contributed by atoms with van der Waals surface area (Å²) >= 11 is 0. The molecule has 0 aromatic carbocycles. The van der Waals surface area contributed by atoms with Gasteiger partial charge in [0, 0.05) is 18.6 Å². The fraction of sp³-hybridized carbons (Fsp3) is 0.760. The highest BCUT2D eigenvalue weighted by Crippen LogP contribution is 2.17. The first-order valence-corrected chi connectivity index (χ1v) is 12.6. The van der Waals surface area contributed by atoms with Gasteiger partial charge in [-0.2, -0.15) is 0 Å². The molecule has 0 fully saturated rings. The highest BCUT2D eigenvalue weighted by molar-refractivity contribution is 5.11. The van der Waals surface area contributed by atoms with E-state index in [2.05, 4.69) is 17.2 Å². The molecule has 0 bridgehead atoms. The molecular formula is C25H42N2O5. The SMILES string of the molecule is CCCCCCCCCCCCCCCCc1cc(OC[C@H](CO)Oc2ccon2)no1. The van der Waals surface area contributed by atoms with Gasteiger partial charge in [-0.15, -0.1) is 0 Å². The van der Waals surface area contributed by atoms with E-state index >= 15 is 0 Å². The van der Waals surface area contributed by atoms with Crippen LogP contribution in [0.2, 0.25) is 0 Å². The van der Waals surface area contributed by atoms with Crippen LogP contribution < -0.4 is 9.47 Å². The van der Waals surface area contributed by atoms with Gasteiger partial charge >= 0.3 is 0 Å². The van der Waals surface area contributed by atoms with Crippen LogP contribution in [0.4, 0.5) is 0 Å². The summed E-state index contributed by atoms with van der Waals surface area (Å²) in [6, 6.07) is 3.39. The Hall–Kier alpha value is -2.02. The molecule has 0 radical (unpaired) electrons. The molecule has 1 N–H and O–H groups in total. The Morgan fingerprint density at radius 1 is 0.844 bits per heavy atom. The predicted molar refractivity (Wildman–Crippen MR) is 124 cm³/mol. The van der Waals surface area contributed by atoms with Gasteiger partial charge < -0.3 is 23.6 Å². The highest BCUT2D eigenvalue weighted by Gasteiger charge is 2.14. The smallest absolute Gasteiger partial charge is 0.254 e. The molecule has 0 unspecified atom stereocenters. The lowest BCUT2D eigenvalue weighted by Crippen LogP contribution is -2.28. The van der Waals surface area contributed by atoms with Crippen molar-refractivity contribution in [3.63, 3.8) is 0 Å². The Kier molecular flexibility index (Phi) is 14.4. The molecule has 7 nitrogen and oxygen atoms in total. The zero-order chi connectivity index (χ0) is 22.7. The number of unbranched alkanes of at least 4 members (excludes halogenated alkanes) is 13. The summed E-state index contributed by atoms with van der Waals surface area (Å²) in [6.45, 7) is 2.22. The molecular weight excluding hydrogens is 408 g/mol. The van der Waals surface area contributed by atoms with Gasteiger partial charge in [-0.25, -0.2) is 0 Å². The van der Waals surface area contributed by atoms with Crippen molar-refractivity contribution >= 4 is 0 Å². The van der Waals surface area contributed by atoms with Crippen molar-refractivity contribution in [2.45, 2.75) is 109 Å². The number of hydrogen-bond donors (Lipinski definition) is 1. The van der Waals surface area contributed by atoms with Crippen molar-refractivity contribution in [2.24, 2.45) is 0 Å². The fourth-order valence-electron chi connectivity index (χ4n) is 3.71. The second-order valence-corrected chi connectivity index (χ2v) is 8.55. The summed E-state index contributed by atoms with van der Waals surface area (Å²) in [7, 11) is 0. The van der Waals surface area contributed by atoms with Crippen LogP contribution in [0.25, 0.3) is 0 Å². The monoisotopic (exact) mass is 450 g/mol. The first kappa shape index (κ1) is 26.2. The minimum atomic E-state index is -0.550. The zero-order valence-corrected chi connectivity index (χ0v) is 19.8. The van der Waals surface area contributed by atoms with Gasteiger partial charge in [0.25, 0.3) is 11.8 Å². The lowest BCUT2D eigenvalue weighted by Gasteiger charge is -2.13. The third-order valence-electron chi connectivity index (χ3n) is 5.64. The molecule has 2 aromatic rings. The Balaban J connectivity index is 1.42. The number of rotatable bonds is 21. The van der Waals surface area contributed by atoms with Crippen LogP contribution >= 0.6 is 0 Å². The van der Waals surface area contributed by atoms with E-state index in [4.69, 9.17) is 18.5 Å². The lowest BCUT2D eigenvalue weighted by atomic mass is 10.0. The minimum Gasteiger partial charge on any atom is -0.471 e. The van der Waals surface area contributed by atoms with Crippen LogP contribution in [0.15, 0.2) is 27.4 Å². The van der Waals surface area contributed by atoms with E-state index in [0.29, 0.717) is 11.8 Å². The molecule has 0 amide bonds. The number of aromatic nitrogens is 2. The molecule has 0 saturated heterocycles. The highest BCUT2D eigenvalue weighted by atomic mass is 16.6. The van der Waals surface area contributed by atoms with E-state index < -0.39 is 6.10 Å². The van der Waals surface area contributed by atoms with E-state index in [-0.39, 0.29) is 13.2 Å². The predicted octanol–water partition coefficient (Wildman–Crippen LogP) is 6.51. The van der Waals surface area contributed by atoms with Crippen molar-refractivity contribution in [1.29, 1.82) is 0 Å². The maximum absolute atomic E-state index is 9.40. The van der Waals surface area contributed by atoms with Gasteiger partial charge in [0.15, 0.2) is 6.10 Å². The second-order valence-electron chi connectivity index (χ2n) is 8.55. The summed E-state index contributed by atoms with van der Waals surface area (Å²) < 4.78 is 21.1. The van der Waals surface area contributed by atoms with Crippen molar-refractivity contribution < 1.29 is 23.6 Å². The third kappa shape index (κ3) is 12.1. The maximum atomic E-state index is 9.40. The van der Waals surface area contributed by atoms with E-state index in [0.717, 1.165) is 18.6 Å². The van der Waals surface area contributed by atoms with Crippen molar-refractivity contribution in [1.82, 2.24) is 10.3 Å². The molecule has 2 rings (SSSR count). The van der Waals surface area contributed by atoms with Crippen molar-refractivity contribution in [2.75, 3.05) is 13.2 Å². The normalized spacial score (nSPS) is 12.2. The second kappa shape index (κ2) is 17.5. The number of aliphatic hydroxyl groups excluding tert-OH is 1. The van der Waals surface area contributed by atoms with E-state index in [1.54, 1.807) is 6.07 Å². The standard InChI is InChI=1S/C25H42N2O5/c1-2-3-4-5-6-7-8-9-10-11-12-13-14-15-16-22-19-25(27-32-22)29-21-23(20-28)31-24-17-18-30-26-24/h17-19,23,28H,2-16,20-21H2,1H3/t23-/m0/s1. The Morgan fingerprint density at radius 2 is 1.47 bits per heavy atom. The minimum absolute atomic E-state index is 0.147. The van der Waals surface area contributed by atoms with Crippen molar-refractivity contribution in [3.8, 4) is 11.8 Å². The van der Waals surface area contributed by atoms with Gasteiger partial charge in [0.05, 0.1) is 6.61 Å². The Bertz CT molecular complexity index is 659. The Morgan fingerprint density at radius 3 is 2.03 bits per heavy atom. The first-order valence-electron chi connectivity index (χ1n) is 12.6. The Labute approximate surface area is 192 Å². The van der Waals surface area contributed by atoms with E-state index in [9.17, 15) is 5.11 Å². The summed E-state index contributed by atoms with van der Waals surface area (Å²) in [6.07, 6.45) is 20.6. The fourth-order valence-corrected chi connectivity index (χ4v) is 3.71. The molecule has 0 aliphatic carbocycles.